The first-order valence-corrected chi connectivity index (χ1v) is 6.62. The Morgan fingerprint density at radius 2 is 1.89 bits per heavy atom. The first kappa shape index (κ1) is 13.5. The zero-order chi connectivity index (χ0) is 13.7. The summed E-state index contributed by atoms with van der Waals surface area (Å²) in [4.78, 5) is 12.2. The van der Waals surface area contributed by atoms with Crippen LogP contribution in [0, 0.1) is 0 Å². The summed E-state index contributed by atoms with van der Waals surface area (Å²) in [6, 6.07) is 13.7. The molecule has 0 fully saturated rings. The van der Waals surface area contributed by atoms with Crippen LogP contribution in [-0.2, 0) is 13.0 Å². The number of aromatic nitrogens is 1. The van der Waals surface area contributed by atoms with Crippen molar-refractivity contribution in [2.75, 3.05) is 0 Å². The molecule has 0 aliphatic rings. The van der Waals surface area contributed by atoms with Gasteiger partial charge in [-0.1, -0.05) is 42.5 Å². The highest BCUT2D eigenvalue weighted by Crippen LogP contribution is 2.03. The fourth-order valence-electron chi connectivity index (χ4n) is 2.00. The van der Waals surface area contributed by atoms with Crippen LogP contribution in [0.1, 0.15) is 17.5 Å². The van der Waals surface area contributed by atoms with Gasteiger partial charge < -0.3 is 10.3 Å². The van der Waals surface area contributed by atoms with Crippen molar-refractivity contribution in [2.45, 2.75) is 19.4 Å². The van der Waals surface area contributed by atoms with E-state index in [9.17, 15) is 4.79 Å². The second-order valence-electron chi connectivity index (χ2n) is 4.37. The minimum Gasteiger partial charge on any atom is -0.389 e. The van der Waals surface area contributed by atoms with E-state index in [0.717, 1.165) is 12.8 Å². The summed E-state index contributed by atoms with van der Waals surface area (Å²) in [5.74, 6) is 0. The Kier molecular flexibility index (Phi) is 4.47. The molecular formula is C15H16N2OS. The van der Waals surface area contributed by atoms with Crippen LogP contribution >= 0.6 is 12.2 Å². The van der Waals surface area contributed by atoms with E-state index in [0.29, 0.717) is 12.1 Å². The summed E-state index contributed by atoms with van der Waals surface area (Å²) in [7, 11) is 0. The van der Waals surface area contributed by atoms with Gasteiger partial charge >= 0.3 is 0 Å². The maximum Gasteiger partial charge on any atom is 0.260 e. The molecule has 1 heterocycles. The van der Waals surface area contributed by atoms with Crippen LogP contribution in [0.25, 0.3) is 0 Å². The Labute approximate surface area is 117 Å². The van der Waals surface area contributed by atoms with Gasteiger partial charge in [0.1, 0.15) is 4.99 Å². The highest BCUT2D eigenvalue weighted by Gasteiger charge is 2.05. The van der Waals surface area contributed by atoms with Crippen molar-refractivity contribution in [2.24, 2.45) is 5.73 Å². The molecule has 98 valence electrons. The van der Waals surface area contributed by atoms with Crippen molar-refractivity contribution in [3.05, 3.63) is 70.1 Å². The van der Waals surface area contributed by atoms with E-state index in [-0.39, 0.29) is 10.5 Å². The SMILES string of the molecule is NC(=S)c1cccn(CCCc2ccccc2)c1=O. The number of nitrogens with two attached hydrogens (primary N) is 1. The smallest absolute Gasteiger partial charge is 0.260 e. The lowest BCUT2D eigenvalue weighted by Gasteiger charge is -2.07. The number of pyridine rings is 1. The summed E-state index contributed by atoms with van der Waals surface area (Å²) < 4.78 is 1.66. The summed E-state index contributed by atoms with van der Waals surface area (Å²) in [5.41, 5.74) is 7.11. The van der Waals surface area contributed by atoms with Crippen LogP contribution in [0.2, 0.25) is 0 Å². The van der Waals surface area contributed by atoms with Crippen molar-refractivity contribution in [1.29, 1.82) is 0 Å². The van der Waals surface area contributed by atoms with Gasteiger partial charge in [0.25, 0.3) is 5.56 Å². The third-order valence-electron chi connectivity index (χ3n) is 2.99. The summed E-state index contributed by atoms with van der Waals surface area (Å²) >= 11 is 4.86. The molecule has 2 N–H and O–H groups in total. The Bertz CT molecular complexity index is 620. The van der Waals surface area contributed by atoms with E-state index in [2.05, 4.69) is 12.1 Å². The van der Waals surface area contributed by atoms with E-state index in [4.69, 9.17) is 18.0 Å². The Morgan fingerprint density at radius 1 is 1.16 bits per heavy atom. The molecule has 0 bridgehead atoms. The summed E-state index contributed by atoms with van der Waals surface area (Å²) in [5, 5.41) is 0. The molecule has 0 atom stereocenters. The number of hydrogen-bond acceptors (Lipinski definition) is 2. The van der Waals surface area contributed by atoms with Crippen LogP contribution in [0.4, 0.5) is 0 Å². The number of hydrogen-bond donors (Lipinski definition) is 1. The van der Waals surface area contributed by atoms with Gasteiger partial charge in [0.15, 0.2) is 0 Å². The molecule has 0 spiro atoms. The van der Waals surface area contributed by atoms with Gasteiger partial charge in [-0.05, 0) is 30.5 Å². The van der Waals surface area contributed by atoms with E-state index < -0.39 is 0 Å². The fourth-order valence-corrected chi connectivity index (χ4v) is 2.15. The van der Waals surface area contributed by atoms with Gasteiger partial charge in [0, 0.05) is 12.7 Å². The monoisotopic (exact) mass is 272 g/mol. The molecule has 19 heavy (non-hydrogen) atoms. The molecule has 3 nitrogen and oxygen atoms in total. The molecule has 2 aromatic rings. The molecule has 0 amide bonds. The van der Waals surface area contributed by atoms with E-state index >= 15 is 0 Å². The van der Waals surface area contributed by atoms with Crippen LogP contribution in [-0.4, -0.2) is 9.56 Å². The lowest BCUT2D eigenvalue weighted by atomic mass is 10.1. The third kappa shape index (κ3) is 3.51. The van der Waals surface area contributed by atoms with Gasteiger partial charge in [0.05, 0.1) is 5.56 Å². The molecule has 2 rings (SSSR count). The van der Waals surface area contributed by atoms with E-state index in [1.807, 2.05) is 18.2 Å². The molecular weight excluding hydrogens is 256 g/mol. The zero-order valence-electron chi connectivity index (χ0n) is 10.6. The topological polar surface area (TPSA) is 48.0 Å². The number of thiocarbonyl (C=S) groups is 1. The highest BCUT2D eigenvalue weighted by atomic mass is 32.1. The fraction of sp³-hybridized carbons (Fsp3) is 0.200. The maximum absolute atomic E-state index is 12.0. The normalized spacial score (nSPS) is 10.3. The predicted molar refractivity (Wildman–Crippen MR) is 81.4 cm³/mol. The lowest BCUT2D eigenvalue weighted by Crippen LogP contribution is -2.28. The van der Waals surface area contributed by atoms with Crippen molar-refractivity contribution in [3.8, 4) is 0 Å². The standard InChI is InChI=1S/C15H16N2OS/c16-14(19)13-9-5-11-17(15(13)18)10-4-8-12-6-2-1-3-7-12/h1-3,5-7,9,11H,4,8,10H2,(H2,16,19). The van der Waals surface area contributed by atoms with Crippen LogP contribution in [0.15, 0.2) is 53.5 Å². The third-order valence-corrected chi connectivity index (χ3v) is 3.21. The first-order valence-electron chi connectivity index (χ1n) is 6.21. The summed E-state index contributed by atoms with van der Waals surface area (Å²) in [6.45, 7) is 0.671. The van der Waals surface area contributed by atoms with Gasteiger partial charge in [-0.15, -0.1) is 0 Å². The molecule has 0 aliphatic carbocycles. The molecule has 0 saturated heterocycles. The van der Waals surface area contributed by atoms with Crippen molar-refractivity contribution in [1.82, 2.24) is 4.57 Å². The van der Waals surface area contributed by atoms with Crippen LogP contribution in [0.3, 0.4) is 0 Å². The Morgan fingerprint density at radius 3 is 2.58 bits per heavy atom. The number of nitrogens with zero attached hydrogens (tertiary/aromatic N) is 1. The quantitative estimate of drug-likeness (QED) is 0.848. The lowest BCUT2D eigenvalue weighted by molar-refractivity contribution is 0.621. The number of aryl methyl sites for hydroxylation is 2. The average Bonchev–Trinajstić information content (AvgIpc) is 2.41. The number of rotatable bonds is 5. The molecule has 1 aromatic heterocycles. The Balaban J connectivity index is 2.03. The minimum atomic E-state index is -0.108. The van der Waals surface area contributed by atoms with Gasteiger partial charge in [-0.25, -0.2) is 0 Å². The maximum atomic E-state index is 12.0. The van der Waals surface area contributed by atoms with Crippen LogP contribution in [0.5, 0.6) is 0 Å². The molecule has 4 heteroatoms. The van der Waals surface area contributed by atoms with Crippen LogP contribution < -0.4 is 11.3 Å². The van der Waals surface area contributed by atoms with Crippen molar-refractivity contribution >= 4 is 17.2 Å². The van der Waals surface area contributed by atoms with Gasteiger partial charge in [-0.3, -0.25) is 4.79 Å². The molecule has 1 aromatic carbocycles. The first-order chi connectivity index (χ1) is 9.18. The summed E-state index contributed by atoms with van der Waals surface area (Å²) in [6.07, 6.45) is 3.63. The Hall–Kier alpha value is -1.94. The average molecular weight is 272 g/mol. The largest absolute Gasteiger partial charge is 0.389 e. The highest BCUT2D eigenvalue weighted by molar-refractivity contribution is 7.80. The van der Waals surface area contributed by atoms with Gasteiger partial charge in [-0.2, -0.15) is 0 Å². The number of benzene rings is 1. The van der Waals surface area contributed by atoms with E-state index in [1.165, 1.54) is 5.56 Å². The van der Waals surface area contributed by atoms with Crippen molar-refractivity contribution < 1.29 is 0 Å². The van der Waals surface area contributed by atoms with E-state index in [1.54, 1.807) is 22.9 Å². The molecule has 0 radical (unpaired) electrons. The molecule has 0 unspecified atom stereocenters. The zero-order valence-corrected chi connectivity index (χ0v) is 11.4. The minimum absolute atomic E-state index is 0.108. The second-order valence-corrected chi connectivity index (χ2v) is 4.81. The molecule has 0 aliphatic heterocycles. The van der Waals surface area contributed by atoms with Crippen molar-refractivity contribution in [3.63, 3.8) is 0 Å². The van der Waals surface area contributed by atoms with Gasteiger partial charge in [0.2, 0.25) is 0 Å². The second kappa shape index (κ2) is 6.29. The predicted octanol–water partition coefficient (Wildman–Crippen LogP) is 2.12. The molecule has 0 saturated carbocycles.